The predicted octanol–water partition coefficient (Wildman–Crippen LogP) is 0.583. The monoisotopic (exact) mass is 710 g/mol. The van der Waals surface area contributed by atoms with Crippen molar-refractivity contribution in [3.8, 4) is 5.75 Å². The molecule has 1 fully saturated rings. The first kappa shape index (κ1) is 30.0. The summed E-state index contributed by atoms with van der Waals surface area (Å²) < 4.78 is 65.5. The van der Waals surface area contributed by atoms with Crippen molar-refractivity contribution in [2.75, 3.05) is 24.0 Å². The molecule has 7 heterocycles. The first-order valence-electron chi connectivity index (χ1n) is 12.5. The highest BCUT2D eigenvalue weighted by Crippen LogP contribution is 2.67. The lowest BCUT2D eigenvalue weighted by Gasteiger charge is -2.28. The second kappa shape index (κ2) is 10.7. The summed E-state index contributed by atoms with van der Waals surface area (Å²) in [6.07, 6.45) is -1.25. The van der Waals surface area contributed by atoms with Crippen LogP contribution in [0.1, 0.15) is 5.76 Å². The highest BCUT2D eigenvalue weighted by atomic mass is 32.7. The number of hydrogen-bond acceptors (Lipinski definition) is 19. The fourth-order valence-corrected chi connectivity index (χ4v) is 7.01. The van der Waals surface area contributed by atoms with Crippen molar-refractivity contribution >= 4 is 67.7 Å². The van der Waals surface area contributed by atoms with Crippen LogP contribution >= 0.6 is 38.8 Å². The van der Waals surface area contributed by atoms with Gasteiger partial charge in [0.1, 0.15) is 42.8 Å². The Morgan fingerprint density at radius 3 is 2.78 bits per heavy atom. The maximum Gasteiger partial charge on any atom is 0.563 e. The van der Waals surface area contributed by atoms with Crippen LogP contribution in [0.15, 0.2) is 44.8 Å². The van der Waals surface area contributed by atoms with Gasteiger partial charge in [0.05, 0.1) is 19.0 Å². The largest absolute Gasteiger partial charge is 0.563 e. The lowest BCUT2D eigenvalue weighted by Crippen LogP contribution is -2.51. The number of nitrogens with zero attached hydrogens (tertiary/aromatic N) is 4. The Morgan fingerprint density at radius 1 is 1.18 bits per heavy atom. The number of anilines is 2. The molecular weight excluding hydrogens is 688 g/mol. The van der Waals surface area contributed by atoms with Gasteiger partial charge in [-0.2, -0.15) is 23.7 Å². The predicted molar refractivity (Wildman–Crippen MR) is 159 cm³/mol. The zero-order chi connectivity index (χ0) is 31.8. The summed E-state index contributed by atoms with van der Waals surface area (Å²) >= 11 is 8.04. The van der Waals surface area contributed by atoms with E-state index in [0.717, 1.165) is 10.9 Å². The van der Waals surface area contributed by atoms with Crippen molar-refractivity contribution in [2.45, 2.75) is 18.9 Å². The molecule has 10 N–H and O–H groups in total. The molecule has 3 aromatic heterocycles. The van der Waals surface area contributed by atoms with Gasteiger partial charge in [-0.15, -0.1) is 0 Å². The van der Waals surface area contributed by atoms with E-state index in [9.17, 15) is 14.6 Å². The smallest absolute Gasteiger partial charge is 0.435 e. The molecule has 3 unspecified atom stereocenters. The molecule has 1 saturated heterocycles. The second-order valence-electron chi connectivity index (χ2n) is 9.50. The maximum atomic E-state index is 15.9. The van der Waals surface area contributed by atoms with Crippen LogP contribution in [0.4, 0.5) is 20.6 Å². The van der Waals surface area contributed by atoms with Gasteiger partial charge in [0, 0.05) is 0 Å². The minimum atomic E-state index is -4.34. The maximum absolute atomic E-state index is 15.9. The van der Waals surface area contributed by atoms with Crippen LogP contribution in [0, 0.1) is 5.82 Å². The SMILES string of the molecule is NC1=C2NCN(c3oc4c(c3F)O[P+](O)(S)O/C=C3/OC(n5cnc6c(=O)[nH]c(N)nc65)=C(O[P+](O)(S)OC4)[C@@H]3F)C2NCN1. The topological polar surface area (TPSA) is 255 Å². The number of imidazole rings is 1. The van der Waals surface area contributed by atoms with Gasteiger partial charge < -0.3 is 36.2 Å². The Kier molecular flexibility index (Phi) is 7.13. The van der Waals surface area contributed by atoms with Crippen LogP contribution in [-0.4, -0.2) is 55.0 Å². The van der Waals surface area contributed by atoms with Crippen molar-refractivity contribution in [3.05, 3.63) is 57.6 Å². The number of alkyl halides is 1. The third kappa shape index (κ3) is 5.23. The van der Waals surface area contributed by atoms with E-state index in [2.05, 4.69) is 55.4 Å². The van der Waals surface area contributed by atoms with Gasteiger partial charge in [-0.3, -0.25) is 28.7 Å². The molecule has 7 rings (SSSR count). The molecule has 0 saturated carbocycles. The van der Waals surface area contributed by atoms with Crippen molar-refractivity contribution < 1.29 is 45.8 Å². The van der Waals surface area contributed by atoms with Gasteiger partial charge in [0.2, 0.25) is 23.8 Å². The van der Waals surface area contributed by atoms with Crippen LogP contribution in [0.25, 0.3) is 17.0 Å². The average Bonchev–Trinajstić information content (AvgIpc) is 3.72. The molecule has 0 aliphatic carbocycles. The zero-order valence-corrected chi connectivity index (χ0v) is 25.7. The van der Waals surface area contributed by atoms with Crippen LogP contribution < -0.4 is 42.4 Å². The average molecular weight is 711 g/mol. The van der Waals surface area contributed by atoms with Gasteiger partial charge >= 0.3 is 14.3 Å². The molecule has 0 aromatic carbocycles. The van der Waals surface area contributed by atoms with E-state index in [1.54, 1.807) is 0 Å². The summed E-state index contributed by atoms with van der Waals surface area (Å²) in [5.41, 5.74) is 11.1. The number of ether oxygens (including phenoxy) is 1. The van der Waals surface area contributed by atoms with Gasteiger partial charge in [-0.05, 0) is 0 Å². The van der Waals surface area contributed by atoms with E-state index in [4.69, 9.17) is 38.7 Å². The molecule has 2 bridgehead atoms. The van der Waals surface area contributed by atoms with Gasteiger partial charge in [-0.1, -0.05) is 0 Å². The fraction of sp³-hybridized carbons (Fsp3) is 0.250. The number of aromatic amines is 1. The van der Waals surface area contributed by atoms with Crippen molar-refractivity contribution in [1.82, 2.24) is 35.5 Å². The first-order valence-corrected chi connectivity index (χ1v) is 18.0. The van der Waals surface area contributed by atoms with Gasteiger partial charge in [0.25, 0.3) is 23.0 Å². The van der Waals surface area contributed by atoms with Crippen LogP contribution in [-0.2, 0) is 24.9 Å². The number of H-pyrrole nitrogens is 1. The summed E-state index contributed by atoms with van der Waals surface area (Å²) in [5.74, 6) is -4.27. The van der Waals surface area contributed by atoms with E-state index < -0.39 is 67.8 Å². The highest BCUT2D eigenvalue weighted by Gasteiger charge is 2.52. The first-order chi connectivity index (χ1) is 21.3. The van der Waals surface area contributed by atoms with Crippen molar-refractivity contribution in [3.63, 3.8) is 0 Å². The number of aromatic nitrogens is 4. The van der Waals surface area contributed by atoms with Crippen LogP contribution in [0.5, 0.6) is 5.75 Å². The molecule has 45 heavy (non-hydrogen) atoms. The van der Waals surface area contributed by atoms with Crippen LogP contribution in [0.3, 0.4) is 0 Å². The Labute approximate surface area is 260 Å². The quantitative estimate of drug-likeness (QED) is 0.129. The molecule has 3 aromatic rings. The summed E-state index contributed by atoms with van der Waals surface area (Å²) in [6, 6.07) is 0. The third-order valence-electron chi connectivity index (χ3n) is 6.66. The summed E-state index contributed by atoms with van der Waals surface area (Å²) in [4.78, 5) is 45.8. The molecule has 25 heteroatoms. The molecule has 4 aliphatic heterocycles. The van der Waals surface area contributed by atoms with E-state index in [-0.39, 0.29) is 42.1 Å². The Balaban J connectivity index is 1.28. The van der Waals surface area contributed by atoms with Gasteiger partial charge in [-0.25, -0.2) is 13.9 Å². The third-order valence-corrected chi connectivity index (χ3v) is 9.48. The fourth-order valence-electron chi connectivity index (χ4n) is 4.72. The normalized spacial score (nSPS) is 29.5. The number of fused-ring (bicyclic) bond motifs is 5. The Hall–Kier alpha value is -3.69. The van der Waals surface area contributed by atoms with E-state index in [1.807, 2.05) is 0 Å². The summed E-state index contributed by atoms with van der Waals surface area (Å²) in [5, 5.41) is 9.02. The molecule has 4 atom stereocenters. The van der Waals surface area contributed by atoms with Crippen LogP contribution in [0.2, 0.25) is 0 Å². The highest BCUT2D eigenvalue weighted by molar-refractivity contribution is 8.47. The molecule has 19 nitrogen and oxygen atoms in total. The van der Waals surface area contributed by atoms with Gasteiger partial charge in [0.15, 0.2) is 35.6 Å². The molecule has 240 valence electrons. The number of thiol groups is 2. The number of furan rings is 1. The second-order valence-corrected chi connectivity index (χ2v) is 15.3. The molecular formula is C20H22F2N10O9P2S2+2. The van der Waals surface area contributed by atoms with Crippen molar-refractivity contribution in [2.24, 2.45) is 5.73 Å². The zero-order valence-electron chi connectivity index (χ0n) is 22.2. The summed E-state index contributed by atoms with van der Waals surface area (Å²) in [7, 11) is -8.67. The molecule has 0 radical (unpaired) electrons. The Bertz CT molecular complexity index is 1880. The van der Waals surface area contributed by atoms with E-state index in [1.165, 1.54) is 4.90 Å². The number of nitrogens with two attached hydrogens (primary N) is 2. The van der Waals surface area contributed by atoms with E-state index in [0.29, 0.717) is 17.8 Å². The number of halogens is 2. The molecule has 4 aliphatic rings. The van der Waals surface area contributed by atoms with Crippen molar-refractivity contribution in [1.29, 1.82) is 0 Å². The Morgan fingerprint density at radius 2 is 1.98 bits per heavy atom. The minimum Gasteiger partial charge on any atom is -0.435 e. The number of hydrogen-bond donors (Lipinski definition) is 10. The minimum absolute atomic E-state index is 0.0521. The number of nitrogen functional groups attached to an aromatic ring is 1. The standard InChI is InChI=1S/C20H21F2N10O9P2S2/c21-8-6-1-36-42(34,44)40-12-7(39-18(9(12)22)31-4-27-10-14(23)25-3-26-15(10)31)2-37-43(35,45)41-13(8)19(38-6)32-5-28-11-16(32)29-20(24)30-17(11)33/h1,5,8,15,25-27,34-35,44-45H,2-4,23H2,(H2-,24,29,30,33)/q+1/p+1/b6-1+/t8-,15?,42?,43?/m1/s1. The molecule has 0 amide bonds. The lowest BCUT2D eigenvalue weighted by molar-refractivity contribution is 0.187. The summed E-state index contributed by atoms with van der Waals surface area (Å²) in [6.45, 7) is -0.443. The van der Waals surface area contributed by atoms with E-state index >= 15 is 8.78 Å². The molecule has 0 spiro atoms. The number of rotatable bonds is 2. The number of nitrogens with one attached hydrogen (secondary N) is 4. The lowest BCUT2D eigenvalue weighted by atomic mass is 10.3.